The van der Waals surface area contributed by atoms with Gasteiger partial charge >= 0.3 is 0 Å². The lowest BCUT2D eigenvalue weighted by Gasteiger charge is -2.22. The predicted octanol–water partition coefficient (Wildman–Crippen LogP) is 2.09. The van der Waals surface area contributed by atoms with Crippen LogP contribution in [0.25, 0.3) is 0 Å². The zero-order valence-corrected chi connectivity index (χ0v) is 14.7. The van der Waals surface area contributed by atoms with E-state index in [1.807, 2.05) is 31.0 Å². The minimum absolute atomic E-state index is 0.595. The SMILES string of the molecule is C=C(C)CN=C(NCCn1cnnc1CC)N(C)Cc1ccco1. The molecule has 0 radical (unpaired) electrons. The molecule has 24 heavy (non-hydrogen) atoms. The summed E-state index contributed by atoms with van der Waals surface area (Å²) >= 11 is 0. The number of nitrogens with zero attached hydrogens (tertiary/aromatic N) is 5. The number of rotatable bonds is 8. The van der Waals surface area contributed by atoms with Crippen molar-refractivity contribution in [3.63, 3.8) is 0 Å². The van der Waals surface area contributed by atoms with Crippen molar-refractivity contribution < 1.29 is 4.42 Å². The maximum atomic E-state index is 5.41. The summed E-state index contributed by atoms with van der Waals surface area (Å²) < 4.78 is 7.46. The largest absolute Gasteiger partial charge is 0.467 e. The molecule has 0 amide bonds. The van der Waals surface area contributed by atoms with Crippen LogP contribution in [0, 0.1) is 0 Å². The van der Waals surface area contributed by atoms with Crippen LogP contribution in [0.3, 0.4) is 0 Å². The number of hydrogen-bond acceptors (Lipinski definition) is 4. The molecule has 0 saturated heterocycles. The van der Waals surface area contributed by atoms with Crippen LogP contribution in [0.15, 0.2) is 46.3 Å². The fraction of sp³-hybridized carbons (Fsp3) is 0.471. The molecule has 7 nitrogen and oxygen atoms in total. The first-order chi connectivity index (χ1) is 11.6. The van der Waals surface area contributed by atoms with Crippen LogP contribution in [0.4, 0.5) is 0 Å². The van der Waals surface area contributed by atoms with Gasteiger partial charge in [0.25, 0.3) is 0 Å². The summed E-state index contributed by atoms with van der Waals surface area (Å²) in [6, 6.07) is 3.84. The van der Waals surface area contributed by atoms with E-state index in [-0.39, 0.29) is 0 Å². The summed E-state index contributed by atoms with van der Waals surface area (Å²) in [4.78, 5) is 6.65. The molecular weight excluding hydrogens is 304 g/mol. The lowest BCUT2D eigenvalue weighted by molar-refractivity contribution is 0.398. The molecule has 1 N–H and O–H groups in total. The van der Waals surface area contributed by atoms with E-state index in [0.717, 1.165) is 42.6 Å². The van der Waals surface area contributed by atoms with Gasteiger partial charge in [-0.05, 0) is 19.1 Å². The third-order valence-electron chi connectivity index (χ3n) is 3.48. The molecule has 0 unspecified atom stereocenters. The van der Waals surface area contributed by atoms with Gasteiger partial charge in [0.1, 0.15) is 17.9 Å². The van der Waals surface area contributed by atoms with E-state index in [1.54, 1.807) is 12.6 Å². The van der Waals surface area contributed by atoms with Gasteiger partial charge in [0.2, 0.25) is 0 Å². The summed E-state index contributed by atoms with van der Waals surface area (Å²) in [6.07, 6.45) is 4.31. The Morgan fingerprint density at radius 3 is 3.00 bits per heavy atom. The quantitative estimate of drug-likeness (QED) is 0.456. The molecule has 0 aromatic carbocycles. The number of aromatic nitrogens is 3. The smallest absolute Gasteiger partial charge is 0.194 e. The van der Waals surface area contributed by atoms with Crippen molar-refractivity contribution in [3.05, 3.63) is 48.5 Å². The standard InChI is InChI=1S/C17H26N6O/c1-5-16-21-20-13-23(16)9-8-18-17(19-11-14(2)3)22(4)12-15-7-6-10-24-15/h6-7,10,13H,2,5,8-9,11-12H2,1,3-4H3,(H,18,19). The molecule has 7 heteroatoms. The Balaban J connectivity index is 1.95. The van der Waals surface area contributed by atoms with Crippen LogP contribution < -0.4 is 5.32 Å². The van der Waals surface area contributed by atoms with E-state index in [1.165, 1.54) is 0 Å². The Hall–Kier alpha value is -2.57. The van der Waals surface area contributed by atoms with Gasteiger partial charge in [-0.25, -0.2) is 4.99 Å². The number of guanidine groups is 1. The number of furan rings is 1. The molecule has 0 saturated carbocycles. The second kappa shape index (κ2) is 8.90. The maximum absolute atomic E-state index is 5.41. The second-order valence-corrected chi connectivity index (χ2v) is 5.75. The zero-order chi connectivity index (χ0) is 17.4. The number of hydrogen-bond donors (Lipinski definition) is 1. The van der Waals surface area contributed by atoms with E-state index in [0.29, 0.717) is 13.1 Å². The molecule has 2 aromatic heterocycles. The van der Waals surface area contributed by atoms with E-state index >= 15 is 0 Å². The predicted molar refractivity (Wildman–Crippen MR) is 94.7 cm³/mol. The molecule has 0 spiro atoms. The normalized spacial score (nSPS) is 11.5. The van der Waals surface area contributed by atoms with Gasteiger partial charge in [0.05, 0.1) is 19.4 Å². The molecule has 2 heterocycles. The highest BCUT2D eigenvalue weighted by Crippen LogP contribution is 2.04. The number of aryl methyl sites for hydroxylation is 1. The monoisotopic (exact) mass is 330 g/mol. The summed E-state index contributed by atoms with van der Waals surface area (Å²) in [7, 11) is 1.99. The van der Waals surface area contributed by atoms with Gasteiger partial charge < -0.3 is 19.2 Å². The summed E-state index contributed by atoms with van der Waals surface area (Å²) in [6.45, 7) is 10.7. The van der Waals surface area contributed by atoms with Crippen molar-refractivity contribution in [2.45, 2.75) is 33.4 Å². The van der Waals surface area contributed by atoms with Gasteiger partial charge in [-0.1, -0.05) is 19.1 Å². The van der Waals surface area contributed by atoms with Crippen molar-refractivity contribution in [2.24, 2.45) is 4.99 Å². The Kier molecular flexibility index (Phi) is 6.60. The van der Waals surface area contributed by atoms with Crippen LogP contribution in [0.2, 0.25) is 0 Å². The molecule has 2 aromatic rings. The number of nitrogens with one attached hydrogen (secondary N) is 1. The van der Waals surface area contributed by atoms with Crippen molar-refractivity contribution in [1.82, 2.24) is 25.0 Å². The zero-order valence-electron chi connectivity index (χ0n) is 14.7. The lowest BCUT2D eigenvalue weighted by atomic mass is 10.3. The minimum atomic E-state index is 0.595. The van der Waals surface area contributed by atoms with E-state index < -0.39 is 0 Å². The Morgan fingerprint density at radius 1 is 1.50 bits per heavy atom. The molecule has 0 aliphatic carbocycles. The Bertz CT molecular complexity index is 658. The van der Waals surface area contributed by atoms with Gasteiger partial charge in [-0.3, -0.25) is 0 Å². The summed E-state index contributed by atoms with van der Waals surface area (Å²) in [5.74, 6) is 2.70. The molecular formula is C17H26N6O. The maximum Gasteiger partial charge on any atom is 0.194 e. The average Bonchev–Trinajstić information content (AvgIpc) is 3.21. The third-order valence-corrected chi connectivity index (χ3v) is 3.48. The Labute approximate surface area is 143 Å². The van der Waals surface area contributed by atoms with Crippen molar-refractivity contribution in [2.75, 3.05) is 20.1 Å². The van der Waals surface area contributed by atoms with E-state index in [4.69, 9.17) is 4.42 Å². The first kappa shape index (κ1) is 17.8. The first-order valence-electron chi connectivity index (χ1n) is 8.13. The minimum Gasteiger partial charge on any atom is -0.467 e. The fourth-order valence-corrected chi connectivity index (χ4v) is 2.26. The second-order valence-electron chi connectivity index (χ2n) is 5.75. The van der Waals surface area contributed by atoms with Crippen LogP contribution in [-0.2, 0) is 19.5 Å². The fourth-order valence-electron chi connectivity index (χ4n) is 2.26. The Morgan fingerprint density at radius 2 is 2.33 bits per heavy atom. The van der Waals surface area contributed by atoms with Crippen LogP contribution >= 0.6 is 0 Å². The molecule has 2 rings (SSSR count). The van der Waals surface area contributed by atoms with Gasteiger partial charge in [0.15, 0.2) is 5.96 Å². The van der Waals surface area contributed by atoms with Crippen LogP contribution in [0.1, 0.15) is 25.4 Å². The van der Waals surface area contributed by atoms with Gasteiger partial charge in [-0.2, -0.15) is 0 Å². The van der Waals surface area contributed by atoms with E-state index in [2.05, 4.69) is 38.6 Å². The van der Waals surface area contributed by atoms with Crippen molar-refractivity contribution in [3.8, 4) is 0 Å². The van der Waals surface area contributed by atoms with Gasteiger partial charge in [-0.15, -0.1) is 10.2 Å². The van der Waals surface area contributed by atoms with Crippen LogP contribution in [-0.4, -0.2) is 45.8 Å². The molecule has 0 fully saturated rings. The lowest BCUT2D eigenvalue weighted by Crippen LogP contribution is -2.40. The van der Waals surface area contributed by atoms with Gasteiger partial charge in [0, 0.05) is 26.6 Å². The highest BCUT2D eigenvalue weighted by molar-refractivity contribution is 5.79. The topological polar surface area (TPSA) is 71.5 Å². The molecule has 0 aliphatic rings. The van der Waals surface area contributed by atoms with Crippen molar-refractivity contribution >= 4 is 5.96 Å². The molecule has 0 bridgehead atoms. The molecule has 130 valence electrons. The third kappa shape index (κ3) is 5.26. The highest BCUT2D eigenvalue weighted by atomic mass is 16.3. The molecule has 0 atom stereocenters. The first-order valence-corrected chi connectivity index (χ1v) is 8.13. The summed E-state index contributed by atoms with van der Waals surface area (Å²) in [5, 5.41) is 11.4. The highest BCUT2D eigenvalue weighted by Gasteiger charge is 2.09. The molecule has 0 aliphatic heterocycles. The van der Waals surface area contributed by atoms with Crippen molar-refractivity contribution in [1.29, 1.82) is 0 Å². The van der Waals surface area contributed by atoms with Crippen LogP contribution in [0.5, 0.6) is 0 Å². The average molecular weight is 330 g/mol. The summed E-state index contributed by atoms with van der Waals surface area (Å²) in [5.41, 5.74) is 1.02. The number of aliphatic imine (C=N–C) groups is 1. The van der Waals surface area contributed by atoms with E-state index in [9.17, 15) is 0 Å².